The Hall–Kier alpha value is -0.990. The number of anilines is 1. The number of halogens is 2. The summed E-state index contributed by atoms with van der Waals surface area (Å²) in [6.45, 7) is 2.94. The lowest BCUT2D eigenvalue weighted by atomic mass is 10.1. The minimum absolute atomic E-state index is 0.190. The number of hydrogen-bond donors (Lipinski definition) is 0. The Morgan fingerprint density at radius 1 is 1.33 bits per heavy atom. The quantitative estimate of drug-likeness (QED) is 0.776. The Kier molecular flexibility index (Phi) is 4.31. The van der Waals surface area contributed by atoms with Crippen LogP contribution in [-0.4, -0.2) is 24.0 Å². The van der Waals surface area contributed by atoms with Gasteiger partial charge in [-0.1, -0.05) is 11.6 Å². The molecule has 0 bridgehead atoms. The third kappa shape index (κ3) is 3.06. The zero-order valence-electron chi connectivity index (χ0n) is 10.5. The van der Waals surface area contributed by atoms with E-state index in [-0.39, 0.29) is 5.38 Å². The Balaban J connectivity index is 2.32. The van der Waals surface area contributed by atoms with Crippen molar-refractivity contribution in [3.8, 4) is 0 Å². The predicted octanol–water partition coefficient (Wildman–Crippen LogP) is 4.34. The summed E-state index contributed by atoms with van der Waals surface area (Å²) in [5.74, 6) is 0. The standard InChI is InChI=1S/C14H16Cl2N2/c1-10(15)6-8-18(2)14-5-7-17-13-9-11(16)3-4-12(13)14/h3-5,7,9-10H,6,8H2,1-2H3. The highest BCUT2D eigenvalue weighted by molar-refractivity contribution is 6.31. The second kappa shape index (κ2) is 5.77. The summed E-state index contributed by atoms with van der Waals surface area (Å²) >= 11 is 12.0. The summed E-state index contributed by atoms with van der Waals surface area (Å²) in [7, 11) is 2.07. The number of pyridine rings is 1. The van der Waals surface area contributed by atoms with Crippen LogP contribution in [0.4, 0.5) is 5.69 Å². The molecule has 0 spiro atoms. The van der Waals surface area contributed by atoms with Crippen molar-refractivity contribution >= 4 is 39.8 Å². The first-order chi connectivity index (χ1) is 8.58. The van der Waals surface area contributed by atoms with E-state index in [1.54, 1.807) is 0 Å². The van der Waals surface area contributed by atoms with Crippen molar-refractivity contribution in [3.05, 3.63) is 35.5 Å². The highest BCUT2D eigenvalue weighted by Gasteiger charge is 2.08. The number of alkyl halides is 1. The number of nitrogens with zero attached hydrogens (tertiary/aromatic N) is 2. The highest BCUT2D eigenvalue weighted by atomic mass is 35.5. The SMILES string of the molecule is CC(Cl)CCN(C)c1ccnc2cc(Cl)ccc12. The van der Waals surface area contributed by atoms with Gasteiger partial charge in [-0.2, -0.15) is 0 Å². The summed E-state index contributed by atoms with van der Waals surface area (Å²) in [5, 5.41) is 2.02. The number of rotatable bonds is 4. The van der Waals surface area contributed by atoms with Gasteiger partial charge in [0.1, 0.15) is 0 Å². The summed E-state index contributed by atoms with van der Waals surface area (Å²) in [4.78, 5) is 6.55. The lowest BCUT2D eigenvalue weighted by Gasteiger charge is -2.21. The largest absolute Gasteiger partial charge is 0.374 e. The first-order valence-corrected chi connectivity index (χ1v) is 6.79. The fourth-order valence-electron chi connectivity index (χ4n) is 1.93. The molecule has 0 aliphatic rings. The third-order valence-electron chi connectivity index (χ3n) is 2.96. The van der Waals surface area contributed by atoms with E-state index in [1.165, 1.54) is 0 Å². The molecule has 1 atom stereocenters. The minimum Gasteiger partial charge on any atom is -0.374 e. The van der Waals surface area contributed by atoms with Crippen molar-refractivity contribution in [2.24, 2.45) is 0 Å². The Labute approximate surface area is 118 Å². The van der Waals surface area contributed by atoms with Crippen LogP contribution in [0.3, 0.4) is 0 Å². The summed E-state index contributed by atoms with van der Waals surface area (Å²) < 4.78 is 0. The maximum Gasteiger partial charge on any atom is 0.0737 e. The minimum atomic E-state index is 0.190. The molecule has 96 valence electrons. The number of aromatic nitrogens is 1. The summed E-state index contributed by atoms with van der Waals surface area (Å²) in [6.07, 6.45) is 2.77. The average Bonchev–Trinajstić information content (AvgIpc) is 2.34. The molecule has 0 fully saturated rings. The molecule has 18 heavy (non-hydrogen) atoms. The van der Waals surface area contributed by atoms with Crippen LogP contribution in [-0.2, 0) is 0 Å². The average molecular weight is 283 g/mol. The van der Waals surface area contributed by atoms with Crippen LogP contribution < -0.4 is 4.90 Å². The van der Waals surface area contributed by atoms with Gasteiger partial charge in [-0.25, -0.2) is 0 Å². The van der Waals surface area contributed by atoms with Gasteiger partial charge in [0.15, 0.2) is 0 Å². The number of fused-ring (bicyclic) bond motifs is 1. The summed E-state index contributed by atoms with van der Waals surface area (Å²) in [6, 6.07) is 7.82. The molecule has 0 aliphatic heterocycles. The zero-order valence-corrected chi connectivity index (χ0v) is 12.0. The molecule has 0 saturated heterocycles. The molecule has 0 saturated carbocycles. The van der Waals surface area contributed by atoms with E-state index >= 15 is 0 Å². The van der Waals surface area contributed by atoms with E-state index in [0.29, 0.717) is 5.02 Å². The second-order valence-corrected chi connectivity index (χ2v) is 5.66. The Morgan fingerprint density at radius 3 is 2.83 bits per heavy atom. The first-order valence-electron chi connectivity index (χ1n) is 5.97. The van der Waals surface area contributed by atoms with Gasteiger partial charge in [-0.05, 0) is 37.6 Å². The van der Waals surface area contributed by atoms with Crippen LogP contribution in [0.2, 0.25) is 5.02 Å². The number of benzene rings is 1. The van der Waals surface area contributed by atoms with Crippen molar-refractivity contribution in [2.75, 3.05) is 18.5 Å². The van der Waals surface area contributed by atoms with E-state index in [4.69, 9.17) is 23.2 Å². The molecule has 2 nitrogen and oxygen atoms in total. The lowest BCUT2D eigenvalue weighted by Crippen LogP contribution is -2.20. The van der Waals surface area contributed by atoms with E-state index in [0.717, 1.165) is 29.6 Å². The van der Waals surface area contributed by atoms with Gasteiger partial charge in [0.05, 0.1) is 5.52 Å². The molecule has 0 amide bonds. The van der Waals surface area contributed by atoms with Gasteiger partial charge < -0.3 is 4.90 Å². The summed E-state index contributed by atoms with van der Waals surface area (Å²) in [5.41, 5.74) is 2.08. The molecule has 1 heterocycles. The fourth-order valence-corrected chi connectivity index (χ4v) is 2.19. The van der Waals surface area contributed by atoms with Gasteiger partial charge in [0.25, 0.3) is 0 Å². The maximum atomic E-state index is 5.99. The van der Waals surface area contributed by atoms with Crippen molar-refractivity contribution in [1.29, 1.82) is 0 Å². The first kappa shape index (κ1) is 13.4. The third-order valence-corrected chi connectivity index (χ3v) is 3.41. The molecule has 2 aromatic rings. The topological polar surface area (TPSA) is 16.1 Å². The normalized spacial score (nSPS) is 12.7. The highest BCUT2D eigenvalue weighted by Crippen LogP contribution is 2.26. The van der Waals surface area contributed by atoms with E-state index in [9.17, 15) is 0 Å². The number of hydrogen-bond acceptors (Lipinski definition) is 2. The Bertz CT molecular complexity index is 540. The molecule has 1 unspecified atom stereocenters. The maximum absolute atomic E-state index is 5.99. The van der Waals surface area contributed by atoms with Crippen LogP contribution >= 0.6 is 23.2 Å². The van der Waals surface area contributed by atoms with Gasteiger partial charge in [-0.3, -0.25) is 4.98 Å². The zero-order chi connectivity index (χ0) is 13.1. The molecule has 1 aromatic heterocycles. The van der Waals surface area contributed by atoms with Crippen LogP contribution in [0, 0.1) is 0 Å². The van der Waals surface area contributed by atoms with Crippen LogP contribution in [0.25, 0.3) is 10.9 Å². The van der Waals surface area contributed by atoms with E-state index < -0.39 is 0 Å². The van der Waals surface area contributed by atoms with Crippen LogP contribution in [0.1, 0.15) is 13.3 Å². The molecule has 0 aliphatic carbocycles. The fraction of sp³-hybridized carbons (Fsp3) is 0.357. The second-order valence-electron chi connectivity index (χ2n) is 4.48. The van der Waals surface area contributed by atoms with E-state index in [1.807, 2.05) is 37.4 Å². The van der Waals surface area contributed by atoms with E-state index in [2.05, 4.69) is 16.9 Å². The van der Waals surface area contributed by atoms with Crippen molar-refractivity contribution in [1.82, 2.24) is 4.98 Å². The molecule has 0 radical (unpaired) electrons. The lowest BCUT2D eigenvalue weighted by molar-refractivity contribution is 0.774. The van der Waals surface area contributed by atoms with Gasteiger partial charge in [0, 0.05) is 41.3 Å². The van der Waals surface area contributed by atoms with Gasteiger partial charge in [-0.15, -0.1) is 11.6 Å². The Morgan fingerprint density at radius 2 is 2.11 bits per heavy atom. The van der Waals surface area contributed by atoms with Crippen molar-refractivity contribution in [2.45, 2.75) is 18.7 Å². The van der Waals surface area contributed by atoms with Crippen LogP contribution in [0.15, 0.2) is 30.5 Å². The molecule has 0 N–H and O–H groups in total. The predicted molar refractivity (Wildman–Crippen MR) is 80.0 cm³/mol. The van der Waals surface area contributed by atoms with Gasteiger partial charge in [0.2, 0.25) is 0 Å². The molecule has 4 heteroatoms. The molecular weight excluding hydrogens is 267 g/mol. The molecule has 2 rings (SSSR count). The van der Waals surface area contributed by atoms with Crippen LogP contribution in [0.5, 0.6) is 0 Å². The van der Waals surface area contributed by atoms with Crippen molar-refractivity contribution in [3.63, 3.8) is 0 Å². The molecule has 1 aromatic carbocycles. The smallest absolute Gasteiger partial charge is 0.0737 e. The monoisotopic (exact) mass is 282 g/mol. The molecular formula is C14H16Cl2N2. The van der Waals surface area contributed by atoms with Gasteiger partial charge >= 0.3 is 0 Å². The van der Waals surface area contributed by atoms with Crippen molar-refractivity contribution < 1.29 is 0 Å².